The van der Waals surface area contributed by atoms with Gasteiger partial charge in [-0.2, -0.15) is 8.42 Å². The van der Waals surface area contributed by atoms with Gasteiger partial charge in [-0.25, -0.2) is 0 Å². The highest BCUT2D eigenvalue weighted by atomic mass is 32.2. The normalized spacial score (nSPS) is 14.8. The number of ether oxygens (including phenoxy) is 1. The van der Waals surface area contributed by atoms with Gasteiger partial charge in [0.15, 0.2) is 11.5 Å². The van der Waals surface area contributed by atoms with Crippen LogP contribution in [0, 0.1) is 19.3 Å². The molecule has 0 bridgehead atoms. The van der Waals surface area contributed by atoms with E-state index in [1.807, 2.05) is 13.0 Å². The first-order valence-electron chi connectivity index (χ1n) is 6.76. The topological polar surface area (TPSA) is 55.8 Å². The van der Waals surface area contributed by atoms with Crippen molar-refractivity contribution in [2.45, 2.75) is 19.8 Å². The van der Waals surface area contributed by atoms with Gasteiger partial charge in [0.25, 0.3) is 0 Å². The number of hydrogen-bond donors (Lipinski definition) is 0. The minimum absolute atomic E-state index is 0.0599. The van der Waals surface area contributed by atoms with Crippen molar-refractivity contribution >= 4 is 15.8 Å². The van der Waals surface area contributed by atoms with Gasteiger partial charge in [-0.15, -0.1) is 6.42 Å². The molecule has 0 amide bonds. The summed E-state index contributed by atoms with van der Waals surface area (Å²) in [7, 11) is -3.62. The van der Waals surface area contributed by atoms with Crippen molar-refractivity contribution in [2.75, 3.05) is 30.9 Å². The van der Waals surface area contributed by atoms with E-state index in [9.17, 15) is 8.42 Å². The van der Waals surface area contributed by atoms with Crippen LogP contribution in [0.25, 0.3) is 0 Å². The Morgan fingerprint density at radius 1 is 1.33 bits per heavy atom. The first kappa shape index (κ1) is 15.5. The minimum Gasteiger partial charge on any atom is -0.477 e. The number of benzene rings is 1. The van der Waals surface area contributed by atoms with Crippen LogP contribution in [0.5, 0.6) is 11.5 Å². The Bertz CT molecular complexity index is 655. The maximum absolute atomic E-state index is 11.4. The quantitative estimate of drug-likeness (QED) is 0.614. The fraction of sp³-hybridized carbons (Fsp3) is 0.467. The molecule has 6 heteroatoms. The minimum atomic E-state index is -3.62. The van der Waals surface area contributed by atoms with E-state index >= 15 is 0 Å². The molecule has 1 aliphatic rings. The van der Waals surface area contributed by atoms with Crippen LogP contribution in [0.15, 0.2) is 12.1 Å². The van der Waals surface area contributed by atoms with E-state index in [1.165, 1.54) is 0 Å². The zero-order valence-electron chi connectivity index (χ0n) is 12.3. The first-order valence-corrected chi connectivity index (χ1v) is 8.58. The standard InChI is InChI=1S/C15H19NO4S/c1-4-11-19-15-12(2)13(16-9-5-6-10-16)7-8-14(15)20-21(3,17)18/h1,7-8H,5-6,9-11H2,2-3H3. The second kappa shape index (κ2) is 6.27. The second-order valence-electron chi connectivity index (χ2n) is 5.01. The summed E-state index contributed by atoms with van der Waals surface area (Å²) in [6.45, 7) is 3.92. The van der Waals surface area contributed by atoms with Crippen LogP contribution in [0.2, 0.25) is 0 Å². The highest BCUT2D eigenvalue weighted by Crippen LogP contribution is 2.39. The fourth-order valence-electron chi connectivity index (χ4n) is 2.48. The Morgan fingerprint density at radius 3 is 2.57 bits per heavy atom. The van der Waals surface area contributed by atoms with Crippen LogP contribution in [-0.4, -0.2) is 34.4 Å². The molecule has 1 aromatic rings. The maximum atomic E-state index is 11.4. The summed E-state index contributed by atoms with van der Waals surface area (Å²) in [5.41, 5.74) is 1.87. The lowest BCUT2D eigenvalue weighted by atomic mass is 10.1. The van der Waals surface area contributed by atoms with Crippen molar-refractivity contribution in [3.63, 3.8) is 0 Å². The predicted molar refractivity (Wildman–Crippen MR) is 82.4 cm³/mol. The van der Waals surface area contributed by atoms with Gasteiger partial charge in [-0.05, 0) is 31.9 Å². The molecule has 1 heterocycles. The molecular weight excluding hydrogens is 290 g/mol. The zero-order valence-corrected chi connectivity index (χ0v) is 13.1. The molecular formula is C15H19NO4S. The average molecular weight is 309 g/mol. The Morgan fingerprint density at radius 2 is 2.00 bits per heavy atom. The molecule has 21 heavy (non-hydrogen) atoms. The molecule has 0 atom stereocenters. The Kier molecular flexibility index (Phi) is 4.63. The van der Waals surface area contributed by atoms with Crippen molar-refractivity contribution in [1.82, 2.24) is 0 Å². The number of rotatable bonds is 5. The number of hydrogen-bond acceptors (Lipinski definition) is 5. The van der Waals surface area contributed by atoms with E-state index in [-0.39, 0.29) is 12.4 Å². The van der Waals surface area contributed by atoms with E-state index in [0.29, 0.717) is 5.75 Å². The molecule has 0 spiro atoms. The van der Waals surface area contributed by atoms with E-state index in [2.05, 4.69) is 10.8 Å². The molecule has 0 saturated carbocycles. The SMILES string of the molecule is C#CCOc1c(OS(C)(=O)=O)ccc(N2CCCC2)c1C. The number of anilines is 1. The van der Waals surface area contributed by atoms with Gasteiger partial charge in [0.2, 0.25) is 0 Å². The summed E-state index contributed by atoms with van der Waals surface area (Å²) >= 11 is 0. The molecule has 0 N–H and O–H groups in total. The Balaban J connectivity index is 2.42. The summed E-state index contributed by atoms with van der Waals surface area (Å²) < 4.78 is 33.2. The van der Waals surface area contributed by atoms with Crippen molar-refractivity contribution in [3.8, 4) is 23.8 Å². The van der Waals surface area contributed by atoms with Crippen molar-refractivity contribution in [3.05, 3.63) is 17.7 Å². The lowest BCUT2D eigenvalue weighted by molar-refractivity contribution is 0.352. The Hall–Kier alpha value is -1.87. The summed E-state index contributed by atoms with van der Waals surface area (Å²) in [4.78, 5) is 2.25. The van der Waals surface area contributed by atoms with Gasteiger partial charge in [-0.1, -0.05) is 5.92 Å². The van der Waals surface area contributed by atoms with Gasteiger partial charge < -0.3 is 13.8 Å². The molecule has 0 unspecified atom stereocenters. The highest BCUT2D eigenvalue weighted by molar-refractivity contribution is 7.86. The molecule has 1 fully saturated rings. The van der Waals surface area contributed by atoms with Crippen molar-refractivity contribution in [1.29, 1.82) is 0 Å². The lowest BCUT2D eigenvalue weighted by Gasteiger charge is -2.23. The molecule has 1 aliphatic heterocycles. The first-order chi connectivity index (χ1) is 9.92. The second-order valence-corrected chi connectivity index (χ2v) is 6.59. The van der Waals surface area contributed by atoms with Crippen LogP contribution in [-0.2, 0) is 10.1 Å². The van der Waals surface area contributed by atoms with Crippen LogP contribution < -0.4 is 13.8 Å². The monoisotopic (exact) mass is 309 g/mol. The predicted octanol–water partition coefficient (Wildman–Crippen LogP) is 1.95. The van der Waals surface area contributed by atoms with Crippen molar-refractivity contribution in [2.24, 2.45) is 0 Å². The average Bonchev–Trinajstić information content (AvgIpc) is 2.90. The third-order valence-corrected chi connectivity index (χ3v) is 3.81. The van der Waals surface area contributed by atoms with Crippen LogP contribution in [0.1, 0.15) is 18.4 Å². The highest BCUT2D eigenvalue weighted by Gasteiger charge is 2.21. The van der Waals surface area contributed by atoms with Crippen molar-refractivity contribution < 1.29 is 17.3 Å². The molecule has 0 aliphatic carbocycles. The lowest BCUT2D eigenvalue weighted by Crippen LogP contribution is -2.19. The van der Waals surface area contributed by atoms with Gasteiger partial charge >= 0.3 is 10.1 Å². The van der Waals surface area contributed by atoms with E-state index in [1.54, 1.807) is 6.07 Å². The third-order valence-electron chi connectivity index (χ3n) is 3.33. The summed E-state index contributed by atoms with van der Waals surface area (Å²) in [6.07, 6.45) is 8.53. The summed E-state index contributed by atoms with van der Waals surface area (Å²) in [6, 6.07) is 3.48. The van der Waals surface area contributed by atoms with Gasteiger partial charge in [0.1, 0.15) is 6.61 Å². The summed E-state index contributed by atoms with van der Waals surface area (Å²) in [5.74, 6) is 2.95. The third kappa shape index (κ3) is 3.82. The van der Waals surface area contributed by atoms with Crippen LogP contribution in [0.3, 0.4) is 0 Å². The molecule has 114 valence electrons. The zero-order chi connectivity index (χ0) is 15.5. The van der Waals surface area contributed by atoms with E-state index < -0.39 is 10.1 Å². The van der Waals surface area contributed by atoms with Crippen LogP contribution in [0.4, 0.5) is 5.69 Å². The van der Waals surface area contributed by atoms with Crippen LogP contribution >= 0.6 is 0 Å². The summed E-state index contributed by atoms with van der Waals surface area (Å²) in [5, 5.41) is 0. The molecule has 0 aromatic heterocycles. The molecule has 5 nitrogen and oxygen atoms in total. The smallest absolute Gasteiger partial charge is 0.306 e. The van der Waals surface area contributed by atoms with Gasteiger partial charge in [-0.3, -0.25) is 0 Å². The molecule has 0 radical (unpaired) electrons. The Labute approximate surface area is 126 Å². The van der Waals surface area contributed by atoms with Gasteiger partial charge in [0, 0.05) is 24.3 Å². The molecule has 1 aromatic carbocycles. The number of nitrogens with zero attached hydrogens (tertiary/aromatic N) is 1. The van der Waals surface area contributed by atoms with E-state index in [0.717, 1.165) is 43.4 Å². The molecule has 2 rings (SSSR count). The maximum Gasteiger partial charge on any atom is 0.306 e. The van der Waals surface area contributed by atoms with Gasteiger partial charge in [0.05, 0.1) is 6.26 Å². The van der Waals surface area contributed by atoms with E-state index in [4.69, 9.17) is 15.3 Å². The fourth-order valence-corrected chi connectivity index (χ4v) is 2.94. The molecule has 1 saturated heterocycles. The number of terminal acetylenes is 1. The largest absolute Gasteiger partial charge is 0.477 e.